The number of ether oxygens (including phenoxy) is 1. The number of nitrogens with one attached hydrogen (secondary N) is 1. The molecule has 102 valence electrons. The Morgan fingerprint density at radius 1 is 1.22 bits per heavy atom. The summed E-state index contributed by atoms with van der Waals surface area (Å²) in [6.07, 6.45) is 1.15. The third-order valence-electron chi connectivity index (χ3n) is 3.26. The van der Waals surface area contributed by atoms with Crippen LogP contribution in [-0.2, 0) is 0 Å². The Balaban J connectivity index is 2.53. The van der Waals surface area contributed by atoms with E-state index in [1.807, 2.05) is 0 Å². The Bertz CT molecular complexity index is 360. The fraction of sp³-hybridized carbons (Fsp3) is 0.625. The normalized spacial score (nSPS) is 12.8. The fourth-order valence-electron chi connectivity index (χ4n) is 1.85. The lowest BCUT2D eigenvalue weighted by molar-refractivity contribution is 0.302. The summed E-state index contributed by atoms with van der Waals surface area (Å²) >= 11 is 0. The van der Waals surface area contributed by atoms with Gasteiger partial charge >= 0.3 is 0 Å². The van der Waals surface area contributed by atoms with Gasteiger partial charge in [-0.1, -0.05) is 32.9 Å². The van der Waals surface area contributed by atoms with Crippen LogP contribution >= 0.6 is 0 Å². The molecule has 0 spiro atoms. The third-order valence-corrected chi connectivity index (χ3v) is 3.26. The van der Waals surface area contributed by atoms with E-state index in [2.05, 4.69) is 58.1 Å². The standard InChI is InChI=1S/C16H27NO/c1-6-14(5)17-9-10-18-16-11-13(4)7-8-15(16)12(2)3/h7-8,11-12,14,17H,6,9-10H2,1-5H3/t14-/m0/s1. The van der Waals surface area contributed by atoms with Gasteiger partial charge in [0.15, 0.2) is 0 Å². The van der Waals surface area contributed by atoms with Crippen LogP contribution in [0.1, 0.15) is 51.2 Å². The Hall–Kier alpha value is -1.02. The first-order valence-corrected chi connectivity index (χ1v) is 7.01. The Labute approximate surface area is 112 Å². The smallest absolute Gasteiger partial charge is 0.123 e. The summed E-state index contributed by atoms with van der Waals surface area (Å²) < 4.78 is 5.91. The molecular weight excluding hydrogens is 222 g/mol. The minimum atomic E-state index is 0.503. The molecule has 1 N–H and O–H groups in total. The number of hydrogen-bond acceptors (Lipinski definition) is 2. The minimum absolute atomic E-state index is 0.503. The van der Waals surface area contributed by atoms with Gasteiger partial charge in [0, 0.05) is 12.6 Å². The summed E-state index contributed by atoms with van der Waals surface area (Å²) in [5, 5.41) is 3.44. The monoisotopic (exact) mass is 249 g/mol. The van der Waals surface area contributed by atoms with Gasteiger partial charge in [-0.2, -0.15) is 0 Å². The quantitative estimate of drug-likeness (QED) is 0.740. The number of aryl methyl sites for hydroxylation is 1. The first-order valence-electron chi connectivity index (χ1n) is 7.01. The molecule has 0 saturated carbocycles. The van der Waals surface area contributed by atoms with Crippen LogP contribution in [-0.4, -0.2) is 19.2 Å². The predicted octanol–water partition coefficient (Wildman–Crippen LogP) is 3.89. The first-order chi connectivity index (χ1) is 8.54. The Morgan fingerprint density at radius 2 is 1.94 bits per heavy atom. The molecule has 1 aromatic carbocycles. The van der Waals surface area contributed by atoms with Crippen molar-refractivity contribution in [2.24, 2.45) is 0 Å². The Morgan fingerprint density at radius 3 is 2.56 bits per heavy atom. The van der Waals surface area contributed by atoms with Crippen molar-refractivity contribution in [1.29, 1.82) is 0 Å². The van der Waals surface area contributed by atoms with Crippen molar-refractivity contribution in [1.82, 2.24) is 5.32 Å². The van der Waals surface area contributed by atoms with Crippen LogP contribution in [0.2, 0.25) is 0 Å². The van der Waals surface area contributed by atoms with Crippen LogP contribution in [0.3, 0.4) is 0 Å². The van der Waals surface area contributed by atoms with Gasteiger partial charge in [-0.3, -0.25) is 0 Å². The zero-order valence-corrected chi connectivity index (χ0v) is 12.4. The van der Waals surface area contributed by atoms with Gasteiger partial charge in [-0.15, -0.1) is 0 Å². The maximum atomic E-state index is 5.91. The van der Waals surface area contributed by atoms with E-state index >= 15 is 0 Å². The van der Waals surface area contributed by atoms with Gasteiger partial charge in [0.25, 0.3) is 0 Å². The molecule has 2 heteroatoms. The van der Waals surface area contributed by atoms with Crippen molar-refractivity contribution in [2.45, 2.75) is 53.0 Å². The van der Waals surface area contributed by atoms with Crippen molar-refractivity contribution < 1.29 is 4.74 Å². The molecule has 0 unspecified atom stereocenters. The van der Waals surface area contributed by atoms with Crippen LogP contribution < -0.4 is 10.1 Å². The predicted molar refractivity (Wildman–Crippen MR) is 78.5 cm³/mol. The highest BCUT2D eigenvalue weighted by molar-refractivity contribution is 5.39. The summed E-state index contributed by atoms with van der Waals surface area (Å²) in [4.78, 5) is 0. The van der Waals surface area contributed by atoms with E-state index in [0.29, 0.717) is 12.0 Å². The topological polar surface area (TPSA) is 21.3 Å². The molecule has 0 aliphatic carbocycles. The summed E-state index contributed by atoms with van der Waals surface area (Å²) in [6.45, 7) is 12.5. The van der Waals surface area contributed by atoms with Gasteiger partial charge in [-0.25, -0.2) is 0 Å². The molecule has 0 amide bonds. The molecule has 0 aliphatic rings. The second kappa shape index (κ2) is 7.42. The highest BCUT2D eigenvalue weighted by Gasteiger charge is 2.08. The van der Waals surface area contributed by atoms with Crippen LogP contribution in [0, 0.1) is 6.92 Å². The van der Waals surface area contributed by atoms with Crippen LogP contribution in [0.15, 0.2) is 18.2 Å². The van der Waals surface area contributed by atoms with Crippen molar-refractivity contribution in [2.75, 3.05) is 13.2 Å². The van der Waals surface area contributed by atoms with Gasteiger partial charge in [-0.05, 0) is 43.4 Å². The minimum Gasteiger partial charge on any atom is -0.492 e. The molecule has 0 aromatic heterocycles. The van der Waals surface area contributed by atoms with Gasteiger partial charge in [0.2, 0.25) is 0 Å². The molecular formula is C16H27NO. The molecule has 0 aliphatic heterocycles. The second-order valence-electron chi connectivity index (χ2n) is 5.31. The lowest BCUT2D eigenvalue weighted by atomic mass is 10.0. The average molecular weight is 249 g/mol. The van der Waals surface area contributed by atoms with E-state index in [1.54, 1.807) is 0 Å². The van der Waals surface area contributed by atoms with Gasteiger partial charge in [0.1, 0.15) is 12.4 Å². The number of benzene rings is 1. The highest BCUT2D eigenvalue weighted by atomic mass is 16.5. The van der Waals surface area contributed by atoms with Crippen molar-refractivity contribution in [3.05, 3.63) is 29.3 Å². The van der Waals surface area contributed by atoms with Crippen molar-refractivity contribution in [3.8, 4) is 5.75 Å². The molecule has 2 nitrogen and oxygen atoms in total. The zero-order chi connectivity index (χ0) is 13.5. The van der Waals surface area contributed by atoms with Gasteiger partial charge in [0.05, 0.1) is 0 Å². The highest BCUT2D eigenvalue weighted by Crippen LogP contribution is 2.27. The van der Waals surface area contributed by atoms with E-state index < -0.39 is 0 Å². The van der Waals surface area contributed by atoms with Crippen LogP contribution in [0.25, 0.3) is 0 Å². The zero-order valence-electron chi connectivity index (χ0n) is 12.4. The summed E-state index contributed by atoms with van der Waals surface area (Å²) in [6, 6.07) is 7.03. The summed E-state index contributed by atoms with van der Waals surface area (Å²) in [7, 11) is 0. The molecule has 0 heterocycles. The maximum Gasteiger partial charge on any atom is 0.123 e. The van der Waals surface area contributed by atoms with E-state index in [-0.39, 0.29) is 0 Å². The molecule has 1 atom stereocenters. The van der Waals surface area contributed by atoms with Crippen molar-refractivity contribution in [3.63, 3.8) is 0 Å². The van der Waals surface area contributed by atoms with Gasteiger partial charge < -0.3 is 10.1 Å². The largest absolute Gasteiger partial charge is 0.492 e. The van der Waals surface area contributed by atoms with Crippen LogP contribution in [0.4, 0.5) is 0 Å². The van der Waals surface area contributed by atoms with E-state index in [1.165, 1.54) is 11.1 Å². The lowest BCUT2D eigenvalue weighted by Gasteiger charge is -2.16. The van der Waals surface area contributed by atoms with E-state index in [4.69, 9.17) is 4.74 Å². The molecule has 0 fully saturated rings. The summed E-state index contributed by atoms with van der Waals surface area (Å²) in [5.74, 6) is 1.54. The molecule has 0 saturated heterocycles. The Kier molecular flexibility index (Phi) is 6.20. The third kappa shape index (κ3) is 4.69. The summed E-state index contributed by atoms with van der Waals surface area (Å²) in [5.41, 5.74) is 2.55. The fourth-order valence-corrected chi connectivity index (χ4v) is 1.85. The lowest BCUT2D eigenvalue weighted by Crippen LogP contribution is -2.29. The number of hydrogen-bond donors (Lipinski definition) is 1. The van der Waals surface area contributed by atoms with E-state index in [0.717, 1.165) is 25.3 Å². The van der Waals surface area contributed by atoms with E-state index in [9.17, 15) is 0 Å². The molecule has 1 aromatic rings. The second-order valence-corrected chi connectivity index (χ2v) is 5.31. The SMILES string of the molecule is CC[C@H](C)NCCOc1cc(C)ccc1C(C)C. The number of rotatable bonds is 7. The molecule has 18 heavy (non-hydrogen) atoms. The van der Waals surface area contributed by atoms with Crippen LogP contribution in [0.5, 0.6) is 5.75 Å². The van der Waals surface area contributed by atoms with Crippen molar-refractivity contribution >= 4 is 0 Å². The first kappa shape index (κ1) is 15.0. The average Bonchev–Trinajstić information content (AvgIpc) is 2.34. The molecule has 0 radical (unpaired) electrons. The molecule has 1 rings (SSSR count). The maximum absolute atomic E-state index is 5.91. The molecule has 0 bridgehead atoms.